The Balaban J connectivity index is 1.94. The highest BCUT2D eigenvalue weighted by atomic mass is 35.5. The van der Waals surface area contributed by atoms with Crippen molar-refractivity contribution in [1.29, 1.82) is 0 Å². The molecule has 86 valence electrons. The van der Waals surface area contributed by atoms with E-state index in [1.807, 2.05) is 6.07 Å². The van der Waals surface area contributed by atoms with Crippen LogP contribution in [0.15, 0.2) is 12.1 Å². The summed E-state index contributed by atoms with van der Waals surface area (Å²) in [6, 6.07) is 4.48. The fourth-order valence-electron chi connectivity index (χ4n) is 2.51. The molecule has 0 aliphatic carbocycles. The van der Waals surface area contributed by atoms with Crippen LogP contribution in [0.2, 0.25) is 5.15 Å². The molecular formula is C11H15ClN4. The first kappa shape index (κ1) is 10.2. The summed E-state index contributed by atoms with van der Waals surface area (Å²) in [5.41, 5.74) is 1.19. The van der Waals surface area contributed by atoms with Crippen LogP contribution in [0, 0.1) is 0 Å². The quantitative estimate of drug-likeness (QED) is 0.690. The van der Waals surface area contributed by atoms with Gasteiger partial charge in [0.25, 0.3) is 0 Å². The predicted molar refractivity (Wildman–Crippen MR) is 66.4 cm³/mol. The Morgan fingerprint density at radius 3 is 3.19 bits per heavy atom. The Labute approximate surface area is 100 Å². The van der Waals surface area contributed by atoms with Crippen LogP contribution in [0.1, 0.15) is 0 Å². The fourth-order valence-corrected chi connectivity index (χ4v) is 2.65. The van der Waals surface area contributed by atoms with Crippen LogP contribution in [-0.2, 0) is 0 Å². The van der Waals surface area contributed by atoms with Gasteiger partial charge in [-0.3, -0.25) is 0 Å². The van der Waals surface area contributed by atoms with Crippen LogP contribution >= 0.6 is 11.6 Å². The summed E-state index contributed by atoms with van der Waals surface area (Å²) < 4.78 is 0. The Hall–Kier alpha value is -1.00. The number of halogens is 1. The van der Waals surface area contributed by atoms with Crippen LogP contribution in [0.4, 0.5) is 11.5 Å². The molecule has 2 aliphatic heterocycles. The highest BCUT2D eigenvalue weighted by Crippen LogP contribution is 2.32. The van der Waals surface area contributed by atoms with Gasteiger partial charge in [-0.05, 0) is 19.2 Å². The van der Waals surface area contributed by atoms with Gasteiger partial charge in [-0.25, -0.2) is 4.98 Å². The standard InChI is InChI=1S/C11H15ClN4/c1-15-4-5-16-8(7-15)6-13-11-9(16)2-3-10(12)14-11/h2-3,8H,4-7H2,1H3,(H,13,14). The number of aromatic nitrogens is 1. The van der Waals surface area contributed by atoms with Crippen molar-refractivity contribution in [3.63, 3.8) is 0 Å². The molecule has 1 atom stereocenters. The van der Waals surface area contributed by atoms with E-state index in [2.05, 4.69) is 33.2 Å². The maximum absolute atomic E-state index is 5.90. The SMILES string of the molecule is CN1CCN2c3ccc(Cl)nc3NCC2C1. The molecule has 1 aromatic heterocycles. The predicted octanol–water partition coefficient (Wildman–Crippen LogP) is 1.28. The van der Waals surface area contributed by atoms with Crippen molar-refractivity contribution >= 4 is 23.1 Å². The van der Waals surface area contributed by atoms with E-state index in [9.17, 15) is 0 Å². The number of fused-ring (bicyclic) bond motifs is 3. The number of hydrogen-bond acceptors (Lipinski definition) is 4. The molecule has 3 rings (SSSR count). The average Bonchev–Trinajstić information content (AvgIpc) is 2.28. The zero-order valence-electron chi connectivity index (χ0n) is 9.28. The van der Waals surface area contributed by atoms with Gasteiger partial charge in [0.2, 0.25) is 0 Å². The molecule has 0 saturated carbocycles. The molecule has 16 heavy (non-hydrogen) atoms. The molecule has 0 bridgehead atoms. The summed E-state index contributed by atoms with van der Waals surface area (Å²) in [5, 5.41) is 3.91. The third kappa shape index (κ3) is 1.62. The van der Waals surface area contributed by atoms with Crippen molar-refractivity contribution in [1.82, 2.24) is 9.88 Å². The minimum Gasteiger partial charge on any atom is -0.366 e. The molecule has 0 amide bonds. The van der Waals surface area contributed by atoms with Crippen LogP contribution in [0.5, 0.6) is 0 Å². The van der Waals surface area contributed by atoms with Crippen molar-refractivity contribution in [3.8, 4) is 0 Å². The Morgan fingerprint density at radius 1 is 1.44 bits per heavy atom. The number of hydrogen-bond donors (Lipinski definition) is 1. The first-order chi connectivity index (χ1) is 7.74. The van der Waals surface area contributed by atoms with Crippen LogP contribution < -0.4 is 10.2 Å². The molecule has 0 radical (unpaired) electrons. The lowest BCUT2D eigenvalue weighted by Gasteiger charge is -2.44. The average molecular weight is 239 g/mol. The third-order valence-corrected chi connectivity index (χ3v) is 3.55. The highest BCUT2D eigenvalue weighted by molar-refractivity contribution is 6.29. The normalized spacial score (nSPS) is 24.6. The van der Waals surface area contributed by atoms with Crippen LogP contribution in [-0.4, -0.2) is 49.2 Å². The van der Waals surface area contributed by atoms with Gasteiger partial charge in [-0.1, -0.05) is 11.6 Å². The van der Waals surface area contributed by atoms with Gasteiger partial charge >= 0.3 is 0 Å². The summed E-state index contributed by atoms with van der Waals surface area (Å²) in [6.07, 6.45) is 0. The number of nitrogens with one attached hydrogen (secondary N) is 1. The maximum atomic E-state index is 5.90. The minimum atomic E-state index is 0.550. The number of rotatable bonds is 0. The van der Waals surface area contributed by atoms with E-state index in [0.717, 1.165) is 32.0 Å². The Kier molecular flexibility index (Phi) is 2.41. The van der Waals surface area contributed by atoms with Gasteiger partial charge in [-0.15, -0.1) is 0 Å². The fraction of sp³-hybridized carbons (Fsp3) is 0.545. The number of piperazine rings is 1. The largest absolute Gasteiger partial charge is 0.366 e. The first-order valence-electron chi connectivity index (χ1n) is 5.59. The third-order valence-electron chi connectivity index (χ3n) is 3.34. The molecule has 0 aromatic carbocycles. The number of likely N-dealkylation sites (N-methyl/N-ethyl adjacent to an activating group) is 1. The van der Waals surface area contributed by atoms with E-state index in [1.54, 1.807) is 0 Å². The second-order valence-corrected chi connectivity index (χ2v) is 4.88. The Bertz CT molecular complexity index is 409. The summed E-state index contributed by atoms with van der Waals surface area (Å²) in [6.45, 7) is 4.23. The van der Waals surface area contributed by atoms with E-state index in [1.165, 1.54) is 5.69 Å². The summed E-state index contributed by atoms with van der Waals surface area (Å²) in [5.74, 6) is 0.924. The van der Waals surface area contributed by atoms with Crippen LogP contribution in [0.3, 0.4) is 0 Å². The second kappa shape index (κ2) is 3.79. The molecule has 4 nitrogen and oxygen atoms in total. The topological polar surface area (TPSA) is 31.4 Å². The van der Waals surface area contributed by atoms with E-state index >= 15 is 0 Å². The van der Waals surface area contributed by atoms with Crippen molar-refractivity contribution in [2.75, 3.05) is 43.4 Å². The maximum Gasteiger partial charge on any atom is 0.151 e. The highest BCUT2D eigenvalue weighted by Gasteiger charge is 2.30. The van der Waals surface area contributed by atoms with Gasteiger partial charge < -0.3 is 15.1 Å². The van der Waals surface area contributed by atoms with Crippen molar-refractivity contribution in [2.24, 2.45) is 0 Å². The van der Waals surface area contributed by atoms with E-state index in [-0.39, 0.29) is 0 Å². The van der Waals surface area contributed by atoms with E-state index < -0.39 is 0 Å². The second-order valence-electron chi connectivity index (χ2n) is 4.49. The first-order valence-corrected chi connectivity index (χ1v) is 5.97. The monoisotopic (exact) mass is 238 g/mol. The van der Waals surface area contributed by atoms with Crippen molar-refractivity contribution in [3.05, 3.63) is 17.3 Å². The number of nitrogens with zero attached hydrogens (tertiary/aromatic N) is 3. The van der Waals surface area contributed by atoms with Gasteiger partial charge in [0.15, 0.2) is 5.82 Å². The van der Waals surface area contributed by atoms with Crippen molar-refractivity contribution in [2.45, 2.75) is 6.04 Å². The molecule has 1 fully saturated rings. The van der Waals surface area contributed by atoms with Gasteiger partial charge in [0.05, 0.1) is 11.7 Å². The molecule has 1 N–H and O–H groups in total. The molecule has 2 aliphatic rings. The zero-order chi connectivity index (χ0) is 11.1. The molecule has 1 unspecified atom stereocenters. The molecule has 5 heteroatoms. The number of pyridine rings is 1. The molecule has 1 aromatic rings. The van der Waals surface area contributed by atoms with E-state index in [4.69, 9.17) is 11.6 Å². The van der Waals surface area contributed by atoms with Gasteiger partial charge in [0.1, 0.15) is 5.15 Å². The number of anilines is 2. The van der Waals surface area contributed by atoms with Gasteiger partial charge in [0, 0.05) is 26.2 Å². The molecule has 0 spiro atoms. The lowest BCUT2D eigenvalue weighted by atomic mass is 10.1. The smallest absolute Gasteiger partial charge is 0.151 e. The lowest BCUT2D eigenvalue weighted by Crippen LogP contribution is -2.56. The van der Waals surface area contributed by atoms with Gasteiger partial charge in [-0.2, -0.15) is 0 Å². The molecular weight excluding hydrogens is 224 g/mol. The summed E-state index contributed by atoms with van der Waals surface area (Å²) >= 11 is 5.90. The zero-order valence-corrected chi connectivity index (χ0v) is 10.0. The van der Waals surface area contributed by atoms with Crippen molar-refractivity contribution < 1.29 is 0 Å². The molecule has 1 saturated heterocycles. The summed E-state index contributed by atoms with van der Waals surface area (Å²) in [7, 11) is 2.17. The lowest BCUT2D eigenvalue weighted by molar-refractivity contribution is 0.269. The van der Waals surface area contributed by atoms with Crippen LogP contribution in [0.25, 0.3) is 0 Å². The van der Waals surface area contributed by atoms with E-state index in [0.29, 0.717) is 11.2 Å². The molecule has 3 heterocycles. The Morgan fingerprint density at radius 2 is 2.31 bits per heavy atom. The minimum absolute atomic E-state index is 0.550. The summed E-state index contributed by atoms with van der Waals surface area (Å²) in [4.78, 5) is 9.13.